The van der Waals surface area contributed by atoms with Crippen molar-refractivity contribution >= 4 is 34.9 Å². The fourth-order valence-corrected chi connectivity index (χ4v) is 9.37. The summed E-state index contributed by atoms with van der Waals surface area (Å²) in [6.45, 7) is 9.56. The number of nitrogens with zero attached hydrogens (tertiary/aromatic N) is 9. The Bertz CT molecular complexity index is 2540. The van der Waals surface area contributed by atoms with Crippen molar-refractivity contribution in [1.29, 1.82) is 0 Å². The first kappa shape index (κ1) is 42.7. The molecule has 0 spiro atoms. The SMILES string of the molecule is CN1CCN(c2nc(N)nc3c2CCc2cc(N)ccc2-3)CC1.COc1ccc(CN(Cc2ccc(OC)cc2)c2ccc3c(c2)CCc2c-3nc(N)nc2N2CCN(C)CC2)cc1. The Morgan fingerprint density at radius 3 is 1.41 bits per heavy atom. The summed E-state index contributed by atoms with van der Waals surface area (Å²) >= 11 is 0. The first-order chi connectivity index (χ1) is 31.1. The Labute approximate surface area is 376 Å². The summed E-state index contributed by atoms with van der Waals surface area (Å²) in [5, 5.41) is 0. The third kappa shape index (κ3) is 9.20. The minimum Gasteiger partial charge on any atom is -0.497 e. The topological polar surface area (TPSA) is 164 Å². The van der Waals surface area contributed by atoms with Crippen LogP contribution in [0.2, 0.25) is 0 Å². The lowest BCUT2D eigenvalue weighted by atomic mass is 9.88. The monoisotopic (exact) mass is 860 g/mol. The van der Waals surface area contributed by atoms with Gasteiger partial charge in [0.05, 0.1) is 25.6 Å². The largest absolute Gasteiger partial charge is 0.497 e. The van der Waals surface area contributed by atoms with Crippen molar-refractivity contribution in [3.63, 3.8) is 0 Å². The molecule has 0 bridgehead atoms. The average Bonchev–Trinajstić information content (AvgIpc) is 3.31. The van der Waals surface area contributed by atoms with Crippen LogP contribution in [-0.4, -0.2) is 110 Å². The molecule has 4 heterocycles. The van der Waals surface area contributed by atoms with Crippen LogP contribution in [-0.2, 0) is 38.8 Å². The van der Waals surface area contributed by atoms with Crippen LogP contribution in [0.15, 0.2) is 84.9 Å². The zero-order valence-corrected chi connectivity index (χ0v) is 37.6. The molecule has 2 aliphatic heterocycles. The van der Waals surface area contributed by atoms with Crippen LogP contribution >= 0.6 is 0 Å². The van der Waals surface area contributed by atoms with E-state index in [0.29, 0.717) is 11.9 Å². The molecule has 64 heavy (non-hydrogen) atoms. The van der Waals surface area contributed by atoms with Gasteiger partial charge in [-0.1, -0.05) is 36.4 Å². The highest BCUT2D eigenvalue weighted by molar-refractivity contribution is 5.78. The lowest BCUT2D eigenvalue weighted by Gasteiger charge is -2.35. The molecule has 2 aromatic heterocycles. The number of fused-ring (bicyclic) bond motifs is 6. The Balaban J connectivity index is 0.000000190. The highest BCUT2D eigenvalue weighted by Crippen LogP contribution is 2.40. The van der Waals surface area contributed by atoms with E-state index in [1.807, 2.05) is 36.4 Å². The van der Waals surface area contributed by atoms with E-state index in [-0.39, 0.29) is 0 Å². The van der Waals surface area contributed by atoms with E-state index in [2.05, 4.69) is 97.1 Å². The number of ether oxygens (including phenoxy) is 2. The number of methoxy groups -OCH3 is 2. The van der Waals surface area contributed by atoms with Gasteiger partial charge in [-0.15, -0.1) is 0 Å². The van der Waals surface area contributed by atoms with Crippen molar-refractivity contribution < 1.29 is 9.47 Å². The maximum absolute atomic E-state index is 6.28. The molecular weight excluding hydrogens is 801 g/mol. The summed E-state index contributed by atoms with van der Waals surface area (Å²) in [6, 6.07) is 29.4. The van der Waals surface area contributed by atoms with Crippen LogP contribution < -0.4 is 41.4 Å². The molecule has 2 saturated heterocycles. The van der Waals surface area contributed by atoms with E-state index in [9.17, 15) is 0 Å². The summed E-state index contributed by atoms with van der Waals surface area (Å²) in [5.74, 6) is 4.44. The van der Waals surface area contributed by atoms with Crippen molar-refractivity contribution in [3.05, 3.63) is 118 Å². The predicted molar refractivity (Wildman–Crippen MR) is 258 cm³/mol. The van der Waals surface area contributed by atoms with Crippen molar-refractivity contribution in [2.45, 2.75) is 38.8 Å². The molecule has 14 heteroatoms. The minimum absolute atomic E-state index is 0.343. The number of nitrogens with two attached hydrogens (primary N) is 3. The molecule has 0 amide bonds. The number of anilines is 6. The van der Waals surface area contributed by atoms with Gasteiger partial charge in [0.15, 0.2) is 0 Å². The number of hydrogen-bond donors (Lipinski definition) is 3. The molecule has 0 radical (unpaired) electrons. The molecule has 10 rings (SSSR count). The van der Waals surface area contributed by atoms with Crippen LogP contribution in [0.3, 0.4) is 0 Å². The number of aryl methyl sites for hydroxylation is 2. The van der Waals surface area contributed by atoms with Gasteiger partial charge in [0.1, 0.15) is 23.1 Å². The molecular formula is C50H60N12O2. The summed E-state index contributed by atoms with van der Waals surface area (Å²) < 4.78 is 10.8. The van der Waals surface area contributed by atoms with Crippen molar-refractivity contribution in [2.24, 2.45) is 0 Å². The summed E-state index contributed by atoms with van der Waals surface area (Å²) in [7, 11) is 7.72. The van der Waals surface area contributed by atoms with Gasteiger partial charge in [-0.2, -0.15) is 9.97 Å². The first-order valence-corrected chi connectivity index (χ1v) is 22.3. The van der Waals surface area contributed by atoms with Crippen LogP contribution in [0, 0.1) is 0 Å². The normalized spacial score (nSPS) is 15.8. The van der Waals surface area contributed by atoms with Crippen molar-refractivity contribution in [3.8, 4) is 34.0 Å². The zero-order valence-electron chi connectivity index (χ0n) is 37.6. The number of aromatic nitrogens is 4. The van der Waals surface area contributed by atoms with Gasteiger partial charge in [-0.25, -0.2) is 9.97 Å². The highest BCUT2D eigenvalue weighted by Gasteiger charge is 2.28. The Kier molecular flexibility index (Phi) is 12.4. The second-order valence-electron chi connectivity index (χ2n) is 17.4. The first-order valence-electron chi connectivity index (χ1n) is 22.3. The van der Waals surface area contributed by atoms with Crippen LogP contribution in [0.4, 0.5) is 34.9 Å². The van der Waals surface area contributed by atoms with Crippen LogP contribution in [0.5, 0.6) is 11.5 Å². The van der Waals surface area contributed by atoms with E-state index in [0.717, 1.165) is 142 Å². The maximum atomic E-state index is 6.28. The van der Waals surface area contributed by atoms with Gasteiger partial charge in [0.25, 0.3) is 0 Å². The zero-order chi connectivity index (χ0) is 44.3. The summed E-state index contributed by atoms with van der Waals surface area (Å²) in [5.41, 5.74) is 31.9. The van der Waals surface area contributed by atoms with E-state index in [1.165, 1.54) is 39.1 Å². The molecule has 6 N–H and O–H groups in total. The molecule has 2 aliphatic carbocycles. The minimum atomic E-state index is 0.343. The maximum Gasteiger partial charge on any atom is 0.222 e. The average molecular weight is 861 g/mol. The second kappa shape index (κ2) is 18.6. The standard InChI is InChI=1S/C33H38N6O2.C17H22N6/c1-37-16-18-38(19-17-37)32-30-14-8-25-20-26(9-15-29(25)31(30)35-33(34)36-32)39(21-23-4-10-27(40-2)11-5-23)22-24-6-12-28(41-3)13-7-24;1-22-6-8-23(9-7-22)16-14-4-2-11-10-12(18)3-5-13(11)15(14)20-17(19)21-16/h4-7,9-13,15,20H,8,14,16-19,21-22H2,1-3H3,(H2,34,35,36);3,5,10H,2,4,6-9,18H2,1H3,(H2,19,20,21). The molecule has 6 aromatic rings. The fourth-order valence-electron chi connectivity index (χ4n) is 9.37. The van der Waals surface area contributed by atoms with Crippen molar-refractivity contribution in [1.82, 2.24) is 29.7 Å². The number of hydrogen-bond acceptors (Lipinski definition) is 14. The van der Waals surface area contributed by atoms with E-state index in [4.69, 9.17) is 36.6 Å². The Morgan fingerprint density at radius 1 is 0.516 bits per heavy atom. The molecule has 0 saturated carbocycles. The molecule has 0 atom stereocenters. The quantitative estimate of drug-likeness (QED) is 0.146. The van der Waals surface area contributed by atoms with Crippen LogP contribution in [0.1, 0.15) is 33.4 Å². The van der Waals surface area contributed by atoms with Gasteiger partial charge < -0.3 is 51.2 Å². The third-order valence-electron chi connectivity index (χ3n) is 13.1. The fraction of sp³-hybridized carbons (Fsp3) is 0.360. The lowest BCUT2D eigenvalue weighted by Crippen LogP contribution is -2.45. The number of benzene rings is 4. The molecule has 4 aliphatic rings. The van der Waals surface area contributed by atoms with Gasteiger partial charge >= 0.3 is 0 Å². The van der Waals surface area contributed by atoms with Gasteiger partial charge in [0.2, 0.25) is 11.9 Å². The second-order valence-corrected chi connectivity index (χ2v) is 17.4. The van der Waals surface area contributed by atoms with E-state index >= 15 is 0 Å². The van der Waals surface area contributed by atoms with Crippen molar-refractivity contribution in [2.75, 3.05) is 113 Å². The van der Waals surface area contributed by atoms with Gasteiger partial charge in [0, 0.05) is 99.1 Å². The predicted octanol–water partition coefficient (Wildman–Crippen LogP) is 5.96. The number of likely N-dealkylation sites (N-methyl/N-ethyl adjacent to an activating group) is 2. The van der Waals surface area contributed by atoms with E-state index in [1.54, 1.807) is 14.2 Å². The Hall–Kier alpha value is -6.64. The number of piperazine rings is 2. The smallest absolute Gasteiger partial charge is 0.222 e. The number of rotatable bonds is 9. The Morgan fingerprint density at radius 2 is 0.953 bits per heavy atom. The molecule has 332 valence electrons. The highest BCUT2D eigenvalue weighted by atomic mass is 16.5. The molecule has 4 aromatic carbocycles. The van der Waals surface area contributed by atoms with Crippen LogP contribution in [0.25, 0.3) is 22.5 Å². The molecule has 2 fully saturated rings. The van der Waals surface area contributed by atoms with E-state index < -0.39 is 0 Å². The van der Waals surface area contributed by atoms with Gasteiger partial charge in [-0.05, 0) is 111 Å². The lowest BCUT2D eigenvalue weighted by molar-refractivity contribution is 0.312. The molecule has 0 unspecified atom stereocenters. The molecule has 14 nitrogen and oxygen atoms in total. The summed E-state index contributed by atoms with van der Waals surface area (Å²) in [6.07, 6.45) is 3.77. The third-order valence-corrected chi connectivity index (χ3v) is 13.1. The van der Waals surface area contributed by atoms with Gasteiger partial charge in [-0.3, -0.25) is 0 Å². The number of nitrogen functional groups attached to an aromatic ring is 3. The summed E-state index contributed by atoms with van der Waals surface area (Å²) in [4.78, 5) is 30.4.